The maximum absolute atomic E-state index is 5.68. The van der Waals surface area contributed by atoms with E-state index >= 15 is 0 Å². The molecule has 0 aliphatic carbocycles. The minimum atomic E-state index is 0.446. The maximum Gasteiger partial charge on any atom is 0.0546 e. The summed E-state index contributed by atoms with van der Waals surface area (Å²) in [4.78, 5) is 0. The molecule has 0 saturated heterocycles. The van der Waals surface area contributed by atoms with Gasteiger partial charge in [-0.2, -0.15) is 0 Å². The summed E-state index contributed by atoms with van der Waals surface area (Å²) >= 11 is 3.45. The standard InChI is InChI=1S/C11H23BrO/c1-4-5-11(3)13-9-7-10(2)6-8-12/h10-11H,4-9H2,1-3H3. The van der Waals surface area contributed by atoms with Crippen LogP contribution in [-0.4, -0.2) is 18.0 Å². The number of hydrogen-bond acceptors (Lipinski definition) is 1. The SMILES string of the molecule is CCCC(C)OCCC(C)CCBr. The molecule has 0 aromatic rings. The lowest BCUT2D eigenvalue weighted by atomic mass is 10.1. The van der Waals surface area contributed by atoms with E-state index < -0.39 is 0 Å². The lowest BCUT2D eigenvalue weighted by Gasteiger charge is -2.14. The molecular formula is C11H23BrO. The molecule has 0 bridgehead atoms. The molecule has 0 saturated carbocycles. The summed E-state index contributed by atoms with van der Waals surface area (Å²) < 4.78 is 5.68. The molecular weight excluding hydrogens is 228 g/mol. The minimum Gasteiger partial charge on any atom is -0.379 e. The van der Waals surface area contributed by atoms with Gasteiger partial charge in [0.2, 0.25) is 0 Å². The van der Waals surface area contributed by atoms with E-state index in [0.717, 1.165) is 17.9 Å². The molecule has 0 spiro atoms. The fraction of sp³-hybridized carbons (Fsp3) is 1.00. The Labute approximate surface area is 91.4 Å². The van der Waals surface area contributed by atoms with Gasteiger partial charge in [-0.3, -0.25) is 0 Å². The molecule has 1 nitrogen and oxygen atoms in total. The third-order valence-corrected chi connectivity index (χ3v) is 2.77. The van der Waals surface area contributed by atoms with Crippen molar-refractivity contribution in [3.05, 3.63) is 0 Å². The average Bonchev–Trinajstić information content (AvgIpc) is 2.05. The molecule has 0 heterocycles. The van der Waals surface area contributed by atoms with E-state index in [1.807, 2.05) is 0 Å². The fourth-order valence-corrected chi connectivity index (χ4v) is 2.07. The van der Waals surface area contributed by atoms with Gasteiger partial charge in [0.25, 0.3) is 0 Å². The number of ether oxygens (including phenoxy) is 1. The highest BCUT2D eigenvalue weighted by Gasteiger charge is 2.03. The molecule has 2 heteroatoms. The summed E-state index contributed by atoms with van der Waals surface area (Å²) in [6.07, 6.45) is 5.30. The maximum atomic E-state index is 5.68. The first-order chi connectivity index (χ1) is 6.20. The fourth-order valence-electron chi connectivity index (χ4n) is 1.29. The summed E-state index contributed by atoms with van der Waals surface area (Å²) in [6.45, 7) is 7.58. The topological polar surface area (TPSA) is 9.23 Å². The van der Waals surface area contributed by atoms with E-state index in [2.05, 4.69) is 36.7 Å². The highest BCUT2D eigenvalue weighted by atomic mass is 79.9. The van der Waals surface area contributed by atoms with Gasteiger partial charge >= 0.3 is 0 Å². The zero-order chi connectivity index (χ0) is 10.1. The lowest BCUT2D eigenvalue weighted by molar-refractivity contribution is 0.0517. The molecule has 0 amide bonds. The van der Waals surface area contributed by atoms with E-state index in [9.17, 15) is 0 Å². The van der Waals surface area contributed by atoms with Crippen molar-refractivity contribution in [1.82, 2.24) is 0 Å². The van der Waals surface area contributed by atoms with Gasteiger partial charge in [0, 0.05) is 11.9 Å². The van der Waals surface area contributed by atoms with Crippen LogP contribution in [0.15, 0.2) is 0 Å². The Balaban J connectivity index is 3.23. The summed E-state index contributed by atoms with van der Waals surface area (Å²) in [6, 6.07) is 0. The van der Waals surface area contributed by atoms with Crippen LogP contribution in [0.25, 0.3) is 0 Å². The molecule has 0 radical (unpaired) electrons. The van der Waals surface area contributed by atoms with Crippen molar-refractivity contribution in [3.63, 3.8) is 0 Å². The number of alkyl halides is 1. The number of halogens is 1. The van der Waals surface area contributed by atoms with Gasteiger partial charge in [-0.15, -0.1) is 0 Å². The van der Waals surface area contributed by atoms with Crippen molar-refractivity contribution in [1.29, 1.82) is 0 Å². The summed E-state index contributed by atoms with van der Waals surface area (Å²) in [5.74, 6) is 0.785. The molecule has 0 aliphatic rings. The van der Waals surface area contributed by atoms with Gasteiger partial charge in [0.05, 0.1) is 6.10 Å². The Hall–Kier alpha value is 0.440. The van der Waals surface area contributed by atoms with Crippen LogP contribution >= 0.6 is 15.9 Å². The van der Waals surface area contributed by atoms with Crippen LogP contribution < -0.4 is 0 Å². The Morgan fingerprint density at radius 3 is 2.38 bits per heavy atom. The second kappa shape index (κ2) is 9.01. The van der Waals surface area contributed by atoms with Crippen molar-refractivity contribution >= 4 is 15.9 Å². The van der Waals surface area contributed by atoms with Crippen LogP contribution in [0.5, 0.6) is 0 Å². The van der Waals surface area contributed by atoms with E-state index in [4.69, 9.17) is 4.74 Å². The van der Waals surface area contributed by atoms with E-state index in [1.54, 1.807) is 0 Å². The smallest absolute Gasteiger partial charge is 0.0546 e. The van der Waals surface area contributed by atoms with Crippen molar-refractivity contribution in [3.8, 4) is 0 Å². The highest BCUT2D eigenvalue weighted by molar-refractivity contribution is 9.09. The third kappa shape index (κ3) is 8.76. The van der Waals surface area contributed by atoms with Gasteiger partial charge in [-0.05, 0) is 32.1 Å². The van der Waals surface area contributed by atoms with Crippen LogP contribution in [-0.2, 0) is 4.74 Å². The number of hydrogen-bond donors (Lipinski definition) is 0. The molecule has 80 valence electrons. The average molecular weight is 251 g/mol. The summed E-state index contributed by atoms with van der Waals surface area (Å²) in [7, 11) is 0. The van der Waals surface area contributed by atoms with Crippen LogP contribution in [0.2, 0.25) is 0 Å². The first-order valence-corrected chi connectivity index (χ1v) is 6.50. The largest absolute Gasteiger partial charge is 0.379 e. The Morgan fingerprint density at radius 2 is 1.85 bits per heavy atom. The minimum absolute atomic E-state index is 0.446. The lowest BCUT2D eigenvalue weighted by Crippen LogP contribution is -2.11. The Bertz CT molecular complexity index is 94.3. The van der Waals surface area contributed by atoms with Gasteiger partial charge in [-0.1, -0.05) is 36.2 Å². The van der Waals surface area contributed by atoms with Crippen molar-refractivity contribution in [2.24, 2.45) is 5.92 Å². The summed E-state index contributed by atoms with van der Waals surface area (Å²) in [5.41, 5.74) is 0. The zero-order valence-corrected chi connectivity index (χ0v) is 10.8. The third-order valence-electron chi connectivity index (χ3n) is 2.31. The first kappa shape index (κ1) is 13.4. The second-order valence-corrected chi connectivity index (χ2v) is 4.63. The predicted octanol–water partition coefficient (Wildman–Crippen LogP) is 4.00. The molecule has 2 atom stereocenters. The van der Waals surface area contributed by atoms with Gasteiger partial charge < -0.3 is 4.74 Å². The molecule has 0 aromatic carbocycles. The molecule has 0 aliphatic heterocycles. The normalized spacial score (nSPS) is 15.7. The summed E-state index contributed by atoms with van der Waals surface area (Å²) in [5, 5.41) is 1.11. The highest BCUT2D eigenvalue weighted by Crippen LogP contribution is 2.10. The Morgan fingerprint density at radius 1 is 1.15 bits per heavy atom. The van der Waals surface area contributed by atoms with Gasteiger partial charge in [0.15, 0.2) is 0 Å². The van der Waals surface area contributed by atoms with Gasteiger partial charge in [0.1, 0.15) is 0 Å². The molecule has 13 heavy (non-hydrogen) atoms. The van der Waals surface area contributed by atoms with E-state index in [1.165, 1.54) is 25.7 Å². The number of rotatable bonds is 8. The van der Waals surface area contributed by atoms with Crippen LogP contribution in [0.3, 0.4) is 0 Å². The van der Waals surface area contributed by atoms with Crippen LogP contribution in [0.4, 0.5) is 0 Å². The molecule has 0 N–H and O–H groups in total. The van der Waals surface area contributed by atoms with Crippen molar-refractivity contribution in [2.45, 2.75) is 52.6 Å². The first-order valence-electron chi connectivity index (χ1n) is 5.38. The second-order valence-electron chi connectivity index (χ2n) is 3.84. The molecule has 2 unspecified atom stereocenters. The van der Waals surface area contributed by atoms with E-state index in [0.29, 0.717) is 6.10 Å². The Kier molecular flexibility index (Phi) is 9.32. The monoisotopic (exact) mass is 250 g/mol. The molecule has 0 rings (SSSR count). The van der Waals surface area contributed by atoms with Crippen molar-refractivity contribution in [2.75, 3.05) is 11.9 Å². The van der Waals surface area contributed by atoms with Crippen LogP contribution in [0.1, 0.15) is 46.5 Å². The van der Waals surface area contributed by atoms with Crippen LogP contribution in [0, 0.1) is 5.92 Å². The molecule has 0 aromatic heterocycles. The quantitative estimate of drug-likeness (QED) is 0.592. The zero-order valence-electron chi connectivity index (χ0n) is 9.18. The van der Waals surface area contributed by atoms with E-state index in [-0.39, 0.29) is 0 Å². The predicted molar refractivity (Wildman–Crippen MR) is 62.5 cm³/mol. The van der Waals surface area contributed by atoms with Crippen molar-refractivity contribution < 1.29 is 4.74 Å². The van der Waals surface area contributed by atoms with Gasteiger partial charge in [-0.25, -0.2) is 0 Å². The molecule has 0 fully saturated rings.